The Labute approximate surface area is 143 Å². The van der Waals surface area contributed by atoms with Crippen LogP contribution in [0.2, 0.25) is 0 Å². The van der Waals surface area contributed by atoms with Gasteiger partial charge in [-0.15, -0.1) is 0 Å². The highest BCUT2D eigenvalue weighted by molar-refractivity contribution is 5.92. The summed E-state index contributed by atoms with van der Waals surface area (Å²) in [5, 5.41) is 8.13. The first-order valence-electron chi connectivity index (χ1n) is 7.88. The minimum Gasteiger partial charge on any atom is -0.457 e. The van der Waals surface area contributed by atoms with Crippen LogP contribution >= 0.6 is 0 Å². The normalized spacial score (nSPS) is 11.2. The van der Waals surface area contributed by atoms with Crippen molar-refractivity contribution in [2.24, 2.45) is 0 Å². The third kappa shape index (κ3) is 2.76. The number of aryl methyl sites for hydroxylation is 3. The van der Waals surface area contributed by atoms with Crippen molar-refractivity contribution in [1.29, 1.82) is 0 Å². The molecule has 4 rings (SSSR count). The number of rotatable bonds is 3. The zero-order valence-electron chi connectivity index (χ0n) is 14.1. The van der Waals surface area contributed by atoms with Gasteiger partial charge in [-0.05, 0) is 57.2 Å². The Balaban J connectivity index is 1.88. The Kier molecular flexibility index (Phi) is 3.53. The van der Waals surface area contributed by atoms with Gasteiger partial charge in [0.2, 0.25) is 0 Å². The van der Waals surface area contributed by atoms with Crippen molar-refractivity contribution in [3.63, 3.8) is 0 Å². The molecule has 0 radical (unpaired) electrons. The zero-order chi connectivity index (χ0) is 17.6. The van der Waals surface area contributed by atoms with E-state index in [0.717, 1.165) is 33.8 Å². The number of halogens is 1. The van der Waals surface area contributed by atoms with Gasteiger partial charge in [-0.25, -0.2) is 9.37 Å². The molecule has 5 nitrogen and oxygen atoms in total. The Bertz CT molecular complexity index is 1040. The molecule has 1 N–H and O–H groups in total. The van der Waals surface area contributed by atoms with Crippen LogP contribution in [-0.4, -0.2) is 10.1 Å². The van der Waals surface area contributed by atoms with Crippen molar-refractivity contribution in [3.8, 4) is 11.3 Å². The predicted molar refractivity (Wildman–Crippen MR) is 93.4 cm³/mol. The van der Waals surface area contributed by atoms with Crippen molar-refractivity contribution < 1.29 is 13.3 Å². The van der Waals surface area contributed by atoms with Gasteiger partial charge in [-0.3, -0.25) is 0 Å². The third-order valence-electron chi connectivity index (χ3n) is 4.02. The summed E-state index contributed by atoms with van der Waals surface area (Å²) in [6, 6.07) is 10.0. The maximum absolute atomic E-state index is 13.1. The molecule has 0 amide bonds. The van der Waals surface area contributed by atoms with Gasteiger partial charge in [-0.2, -0.15) is 0 Å². The molecule has 1 aromatic carbocycles. The molecular weight excluding hydrogens is 321 g/mol. The number of nitrogens with one attached hydrogen (secondary N) is 1. The Morgan fingerprint density at radius 1 is 1.04 bits per heavy atom. The highest BCUT2D eigenvalue weighted by atomic mass is 19.1. The van der Waals surface area contributed by atoms with E-state index in [4.69, 9.17) is 13.9 Å². The van der Waals surface area contributed by atoms with Gasteiger partial charge in [0.15, 0.2) is 11.4 Å². The number of benzene rings is 1. The Morgan fingerprint density at radius 2 is 1.80 bits per heavy atom. The molecule has 4 aromatic rings. The summed E-state index contributed by atoms with van der Waals surface area (Å²) in [5.74, 6) is 1.77. The average Bonchev–Trinajstić information content (AvgIpc) is 3.11. The molecular formula is C19H16FN3O2. The monoisotopic (exact) mass is 337 g/mol. The standard InChI is InChI=1S/C19H16FN3O2/c1-10-8-13-9-16(17-11(2)23-25-12(17)3)22-19(18(13)24-10)21-15-6-4-14(20)5-7-15/h4-9H,1-3H3,(H,21,22). The van der Waals surface area contributed by atoms with Gasteiger partial charge in [-0.1, -0.05) is 5.16 Å². The average molecular weight is 337 g/mol. The molecule has 0 aliphatic rings. The highest BCUT2D eigenvalue weighted by Crippen LogP contribution is 2.34. The lowest BCUT2D eigenvalue weighted by atomic mass is 10.1. The van der Waals surface area contributed by atoms with Gasteiger partial charge in [0.1, 0.15) is 17.3 Å². The van der Waals surface area contributed by atoms with E-state index in [1.54, 1.807) is 12.1 Å². The van der Waals surface area contributed by atoms with Crippen LogP contribution in [0.1, 0.15) is 17.2 Å². The van der Waals surface area contributed by atoms with E-state index < -0.39 is 0 Å². The second kappa shape index (κ2) is 5.73. The van der Waals surface area contributed by atoms with Crippen molar-refractivity contribution in [3.05, 3.63) is 59.4 Å². The predicted octanol–water partition coefficient (Wildman–Crippen LogP) is 5.29. The van der Waals surface area contributed by atoms with E-state index in [9.17, 15) is 4.39 Å². The maximum Gasteiger partial charge on any atom is 0.176 e. The first-order valence-corrected chi connectivity index (χ1v) is 7.88. The Morgan fingerprint density at radius 3 is 2.48 bits per heavy atom. The van der Waals surface area contributed by atoms with Crippen LogP contribution in [0, 0.1) is 26.6 Å². The number of hydrogen-bond acceptors (Lipinski definition) is 5. The van der Waals surface area contributed by atoms with Crippen LogP contribution in [0.5, 0.6) is 0 Å². The number of furan rings is 1. The molecule has 0 unspecified atom stereocenters. The number of nitrogens with zero attached hydrogens (tertiary/aromatic N) is 2. The fourth-order valence-corrected chi connectivity index (χ4v) is 2.91. The molecule has 25 heavy (non-hydrogen) atoms. The number of aromatic nitrogens is 2. The molecule has 0 aliphatic carbocycles. The second-order valence-corrected chi connectivity index (χ2v) is 5.96. The van der Waals surface area contributed by atoms with E-state index in [-0.39, 0.29) is 5.82 Å². The van der Waals surface area contributed by atoms with Crippen LogP contribution in [0.3, 0.4) is 0 Å². The molecule has 0 saturated heterocycles. The molecule has 0 spiro atoms. The summed E-state index contributed by atoms with van der Waals surface area (Å²) in [5.41, 5.74) is 3.76. The topological polar surface area (TPSA) is 64.1 Å². The van der Waals surface area contributed by atoms with Gasteiger partial charge in [0.25, 0.3) is 0 Å². The van der Waals surface area contributed by atoms with Gasteiger partial charge >= 0.3 is 0 Å². The lowest BCUT2D eigenvalue weighted by Crippen LogP contribution is -1.97. The molecule has 0 aliphatic heterocycles. The van der Waals surface area contributed by atoms with Gasteiger partial charge < -0.3 is 14.3 Å². The van der Waals surface area contributed by atoms with Crippen LogP contribution in [0.4, 0.5) is 15.9 Å². The molecule has 3 aromatic heterocycles. The third-order valence-corrected chi connectivity index (χ3v) is 4.02. The van der Waals surface area contributed by atoms with E-state index in [1.807, 2.05) is 32.9 Å². The van der Waals surface area contributed by atoms with Crippen molar-refractivity contribution in [1.82, 2.24) is 10.1 Å². The molecule has 6 heteroatoms. The van der Waals surface area contributed by atoms with Crippen molar-refractivity contribution >= 4 is 22.5 Å². The van der Waals surface area contributed by atoms with Crippen LogP contribution in [-0.2, 0) is 0 Å². The summed E-state index contributed by atoms with van der Waals surface area (Å²) in [4.78, 5) is 4.70. The summed E-state index contributed by atoms with van der Waals surface area (Å²) < 4.78 is 24.2. The first-order chi connectivity index (χ1) is 12.0. The number of pyridine rings is 1. The molecule has 0 bridgehead atoms. The molecule has 0 saturated carbocycles. The van der Waals surface area contributed by atoms with Crippen LogP contribution in [0.25, 0.3) is 22.2 Å². The van der Waals surface area contributed by atoms with E-state index in [1.165, 1.54) is 12.1 Å². The lowest BCUT2D eigenvalue weighted by molar-refractivity contribution is 0.393. The number of fused-ring (bicyclic) bond motifs is 1. The fraction of sp³-hybridized carbons (Fsp3) is 0.158. The van der Waals surface area contributed by atoms with Gasteiger partial charge in [0, 0.05) is 11.1 Å². The summed E-state index contributed by atoms with van der Waals surface area (Å²) >= 11 is 0. The van der Waals surface area contributed by atoms with Crippen LogP contribution in [0.15, 0.2) is 45.3 Å². The number of anilines is 2. The quantitative estimate of drug-likeness (QED) is 0.550. The molecule has 126 valence electrons. The maximum atomic E-state index is 13.1. The SMILES string of the molecule is Cc1cc2cc(-c3c(C)noc3C)nc(Nc3ccc(F)cc3)c2o1. The minimum atomic E-state index is -0.290. The lowest BCUT2D eigenvalue weighted by Gasteiger charge is -2.09. The zero-order valence-corrected chi connectivity index (χ0v) is 14.1. The molecule has 0 fully saturated rings. The second-order valence-electron chi connectivity index (χ2n) is 5.96. The summed E-state index contributed by atoms with van der Waals surface area (Å²) in [6.07, 6.45) is 0. The van der Waals surface area contributed by atoms with E-state index >= 15 is 0 Å². The Hall–Kier alpha value is -3.15. The largest absolute Gasteiger partial charge is 0.457 e. The molecule has 3 heterocycles. The summed E-state index contributed by atoms with van der Waals surface area (Å²) in [7, 11) is 0. The fourth-order valence-electron chi connectivity index (χ4n) is 2.91. The van der Waals surface area contributed by atoms with Crippen LogP contribution < -0.4 is 5.32 Å². The molecule has 0 atom stereocenters. The number of hydrogen-bond donors (Lipinski definition) is 1. The van der Waals surface area contributed by atoms with E-state index in [2.05, 4.69) is 10.5 Å². The highest BCUT2D eigenvalue weighted by Gasteiger charge is 2.17. The van der Waals surface area contributed by atoms with E-state index in [0.29, 0.717) is 17.2 Å². The summed E-state index contributed by atoms with van der Waals surface area (Å²) in [6.45, 7) is 5.62. The first kappa shape index (κ1) is 15.4. The van der Waals surface area contributed by atoms with Gasteiger partial charge in [0.05, 0.1) is 17.0 Å². The minimum absolute atomic E-state index is 0.290. The van der Waals surface area contributed by atoms with Crippen molar-refractivity contribution in [2.75, 3.05) is 5.32 Å². The smallest absolute Gasteiger partial charge is 0.176 e. The van der Waals surface area contributed by atoms with Crippen molar-refractivity contribution in [2.45, 2.75) is 20.8 Å².